The van der Waals surface area contributed by atoms with Crippen molar-refractivity contribution < 1.29 is 9.18 Å². The van der Waals surface area contributed by atoms with Gasteiger partial charge in [-0.15, -0.1) is 0 Å². The summed E-state index contributed by atoms with van der Waals surface area (Å²) in [5, 5.41) is 9.53. The van der Waals surface area contributed by atoms with Gasteiger partial charge in [0.15, 0.2) is 0 Å². The van der Waals surface area contributed by atoms with Crippen molar-refractivity contribution in [2.24, 2.45) is 7.05 Å². The van der Waals surface area contributed by atoms with E-state index in [1.54, 1.807) is 30.9 Å². The van der Waals surface area contributed by atoms with Gasteiger partial charge in [-0.1, -0.05) is 6.07 Å². The molecule has 0 aliphatic rings. The number of hydrogen-bond acceptors (Lipinski definition) is 3. The van der Waals surface area contributed by atoms with Crippen LogP contribution in [-0.2, 0) is 7.05 Å². The van der Waals surface area contributed by atoms with E-state index in [0.29, 0.717) is 5.82 Å². The largest absolute Gasteiger partial charge is 0.385 e. The monoisotopic (exact) mass is 262 g/mol. The quantitative estimate of drug-likeness (QED) is 0.891. The molecule has 0 bridgehead atoms. The number of anilines is 2. The van der Waals surface area contributed by atoms with E-state index in [2.05, 4.69) is 15.7 Å². The van der Waals surface area contributed by atoms with Gasteiger partial charge in [-0.3, -0.25) is 9.48 Å². The third kappa shape index (κ3) is 2.57. The first-order valence-electron chi connectivity index (χ1n) is 5.81. The molecule has 6 heteroatoms. The maximum Gasteiger partial charge on any atom is 0.259 e. The van der Waals surface area contributed by atoms with E-state index in [1.165, 1.54) is 12.1 Å². The topological polar surface area (TPSA) is 59.0 Å². The summed E-state index contributed by atoms with van der Waals surface area (Å²) in [4.78, 5) is 12.1. The zero-order chi connectivity index (χ0) is 14.0. The van der Waals surface area contributed by atoms with Crippen LogP contribution in [0, 0.1) is 12.7 Å². The Morgan fingerprint density at radius 2 is 2.16 bits per heavy atom. The zero-order valence-electron chi connectivity index (χ0n) is 11.0. The van der Waals surface area contributed by atoms with Crippen molar-refractivity contribution in [3.63, 3.8) is 0 Å². The Kier molecular flexibility index (Phi) is 3.50. The smallest absolute Gasteiger partial charge is 0.259 e. The molecule has 5 nitrogen and oxygen atoms in total. The first kappa shape index (κ1) is 13.1. The zero-order valence-corrected chi connectivity index (χ0v) is 11.0. The Bertz CT molecular complexity index is 621. The second-order valence-corrected chi connectivity index (χ2v) is 4.16. The van der Waals surface area contributed by atoms with Gasteiger partial charge in [0.2, 0.25) is 0 Å². The van der Waals surface area contributed by atoms with E-state index in [9.17, 15) is 9.18 Å². The summed E-state index contributed by atoms with van der Waals surface area (Å²) in [6.45, 7) is 1.83. The minimum atomic E-state index is -0.462. The molecule has 1 aromatic heterocycles. The van der Waals surface area contributed by atoms with Crippen molar-refractivity contribution in [2.75, 3.05) is 17.7 Å². The van der Waals surface area contributed by atoms with Gasteiger partial charge < -0.3 is 10.6 Å². The van der Waals surface area contributed by atoms with E-state index in [-0.39, 0.29) is 17.2 Å². The fraction of sp³-hybridized carbons (Fsp3) is 0.231. The number of carbonyl (C=O) groups is 1. The van der Waals surface area contributed by atoms with Gasteiger partial charge in [0.1, 0.15) is 11.6 Å². The number of nitrogens with zero attached hydrogens (tertiary/aromatic N) is 2. The fourth-order valence-corrected chi connectivity index (χ4v) is 1.88. The van der Waals surface area contributed by atoms with Gasteiger partial charge in [0.25, 0.3) is 5.91 Å². The Hall–Kier alpha value is -2.37. The molecule has 100 valence electrons. The molecule has 0 radical (unpaired) electrons. The molecule has 0 unspecified atom stereocenters. The van der Waals surface area contributed by atoms with Crippen LogP contribution in [0.25, 0.3) is 0 Å². The number of carbonyl (C=O) groups excluding carboxylic acids is 1. The van der Waals surface area contributed by atoms with Gasteiger partial charge in [-0.05, 0) is 19.1 Å². The summed E-state index contributed by atoms with van der Waals surface area (Å²) in [6.07, 6.45) is 0. The van der Waals surface area contributed by atoms with Gasteiger partial charge in [-0.25, -0.2) is 4.39 Å². The van der Waals surface area contributed by atoms with Crippen molar-refractivity contribution in [1.29, 1.82) is 0 Å². The van der Waals surface area contributed by atoms with Crippen molar-refractivity contribution in [3.05, 3.63) is 41.3 Å². The summed E-state index contributed by atoms with van der Waals surface area (Å²) in [5.41, 5.74) is 1.23. The normalized spacial score (nSPS) is 10.3. The molecule has 0 aliphatic carbocycles. The highest BCUT2D eigenvalue weighted by Gasteiger charge is 2.15. The molecular weight excluding hydrogens is 247 g/mol. The van der Waals surface area contributed by atoms with E-state index in [0.717, 1.165) is 5.69 Å². The number of para-hydroxylation sites is 1. The van der Waals surface area contributed by atoms with Gasteiger partial charge in [-0.2, -0.15) is 5.10 Å². The minimum Gasteiger partial charge on any atom is -0.385 e. The van der Waals surface area contributed by atoms with Crippen LogP contribution in [0.1, 0.15) is 16.1 Å². The van der Waals surface area contributed by atoms with E-state index < -0.39 is 5.82 Å². The predicted molar refractivity (Wildman–Crippen MR) is 71.8 cm³/mol. The van der Waals surface area contributed by atoms with Gasteiger partial charge in [0, 0.05) is 20.2 Å². The van der Waals surface area contributed by atoms with Crippen LogP contribution in [0.2, 0.25) is 0 Å². The molecule has 2 N–H and O–H groups in total. The van der Waals surface area contributed by atoms with Crippen LogP contribution in [0.15, 0.2) is 24.3 Å². The highest BCUT2D eigenvalue weighted by Crippen LogP contribution is 2.20. The highest BCUT2D eigenvalue weighted by atomic mass is 19.1. The second kappa shape index (κ2) is 5.09. The van der Waals surface area contributed by atoms with Crippen LogP contribution in [0.3, 0.4) is 0 Å². The second-order valence-electron chi connectivity index (χ2n) is 4.16. The molecule has 1 aromatic carbocycles. The van der Waals surface area contributed by atoms with E-state index in [4.69, 9.17) is 0 Å². The number of nitrogens with one attached hydrogen (secondary N) is 2. The number of rotatable bonds is 3. The number of halogens is 1. The maximum absolute atomic E-state index is 13.6. The lowest BCUT2D eigenvalue weighted by atomic mass is 10.1. The lowest BCUT2D eigenvalue weighted by molar-refractivity contribution is 0.102. The maximum atomic E-state index is 13.6. The Morgan fingerprint density at radius 3 is 2.74 bits per heavy atom. The van der Waals surface area contributed by atoms with Crippen LogP contribution in [0.4, 0.5) is 15.9 Å². The number of benzene rings is 1. The Morgan fingerprint density at radius 1 is 1.42 bits per heavy atom. The average molecular weight is 262 g/mol. The van der Waals surface area contributed by atoms with Crippen LogP contribution in [0.5, 0.6) is 0 Å². The van der Waals surface area contributed by atoms with Gasteiger partial charge >= 0.3 is 0 Å². The number of hydrogen-bond donors (Lipinski definition) is 2. The first-order valence-corrected chi connectivity index (χ1v) is 5.81. The lowest BCUT2D eigenvalue weighted by Gasteiger charge is -2.10. The van der Waals surface area contributed by atoms with Crippen molar-refractivity contribution >= 4 is 17.4 Å². The summed E-state index contributed by atoms with van der Waals surface area (Å²) in [7, 11) is 3.30. The average Bonchev–Trinajstić information content (AvgIpc) is 2.67. The third-order valence-electron chi connectivity index (χ3n) is 2.75. The van der Waals surface area contributed by atoms with Crippen LogP contribution >= 0.6 is 0 Å². The summed E-state index contributed by atoms with van der Waals surface area (Å²) in [5.74, 6) is -0.281. The van der Waals surface area contributed by atoms with Crippen molar-refractivity contribution in [1.82, 2.24) is 9.78 Å². The molecule has 2 aromatic rings. The summed E-state index contributed by atoms with van der Waals surface area (Å²) < 4.78 is 15.1. The highest BCUT2D eigenvalue weighted by molar-refractivity contribution is 6.07. The summed E-state index contributed by atoms with van der Waals surface area (Å²) in [6, 6.07) is 6.11. The molecule has 0 saturated heterocycles. The van der Waals surface area contributed by atoms with Crippen LogP contribution < -0.4 is 10.6 Å². The van der Waals surface area contributed by atoms with Crippen LogP contribution in [-0.4, -0.2) is 22.7 Å². The summed E-state index contributed by atoms with van der Waals surface area (Å²) >= 11 is 0. The number of aromatic nitrogens is 2. The molecular formula is C13H15FN4O. The molecule has 0 aliphatic heterocycles. The Labute approximate surface area is 110 Å². The molecule has 1 heterocycles. The third-order valence-corrected chi connectivity index (χ3v) is 2.75. The van der Waals surface area contributed by atoms with Crippen molar-refractivity contribution in [3.8, 4) is 0 Å². The lowest BCUT2D eigenvalue weighted by Crippen LogP contribution is -2.16. The molecule has 1 amide bonds. The van der Waals surface area contributed by atoms with E-state index in [1.807, 2.05) is 6.92 Å². The fourth-order valence-electron chi connectivity index (χ4n) is 1.88. The minimum absolute atomic E-state index is 0.180. The molecule has 0 saturated carbocycles. The molecule has 0 fully saturated rings. The standard InChI is InChI=1S/C13H15FN4O/c1-8-7-11(18(3)17-8)16-13(19)9-5-4-6-10(14)12(9)15-2/h4-7,15H,1-3H3,(H,16,19). The van der Waals surface area contributed by atoms with Gasteiger partial charge in [0.05, 0.1) is 16.9 Å². The van der Waals surface area contributed by atoms with Crippen molar-refractivity contribution in [2.45, 2.75) is 6.92 Å². The number of aryl methyl sites for hydroxylation is 2. The molecule has 19 heavy (non-hydrogen) atoms. The van der Waals surface area contributed by atoms with E-state index >= 15 is 0 Å². The molecule has 0 atom stereocenters. The molecule has 2 rings (SSSR count). The first-order chi connectivity index (χ1) is 9.02. The number of amides is 1. The SMILES string of the molecule is CNc1c(F)cccc1C(=O)Nc1cc(C)nn1C. The Balaban J connectivity index is 2.30. The molecule has 0 spiro atoms. The predicted octanol–water partition coefficient (Wildman–Crippen LogP) is 2.16.